The molecule has 1 aromatic rings. The summed E-state index contributed by atoms with van der Waals surface area (Å²) in [6.07, 6.45) is 3.70. The molecule has 3 N–H and O–H groups in total. The van der Waals surface area contributed by atoms with Crippen molar-refractivity contribution in [2.75, 3.05) is 30.9 Å². The van der Waals surface area contributed by atoms with E-state index in [1.807, 2.05) is 25.1 Å². The minimum Gasteiger partial charge on any atom is -0.394 e. The number of rotatable bonds is 4. The second-order valence-electron chi connectivity index (χ2n) is 5.79. The van der Waals surface area contributed by atoms with E-state index in [9.17, 15) is 9.90 Å². The van der Waals surface area contributed by atoms with E-state index >= 15 is 0 Å². The fourth-order valence-corrected chi connectivity index (χ4v) is 3.07. The Kier molecular flexibility index (Phi) is 4.96. The third-order valence-corrected chi connectivity index (χ3v) is 4.23. The second-order valence-corrected chi connectivity index (χ2v) is 6.19. The maximum absolute atomic E-state index is 12.1. The number of aliphatic hydroxyl groups excluding tert-OH is 1. The second kappa shape index (κ2) is 6.54. The topological polar surface area (TPSA) is 64.6 Å². The maximum Gasteiger partial charge on any atom is 0.319 e. The van der Waals surface area contributed by atoms with Crippen molar-refractivity contribution < 1.29 is 9.90 Å². The lowest BCUT2D eigenvalue weighted by Gasteiger charge is -2.28. The molecular weight excluding hydrogens is 290 g/mol. The summed E-state index contributed by atoms with van der Waals surface area (Å²) in [5, 5.41) is 15.7. The van der Waals surface area contributed by atoms with Crippen molar-refractivity contribution in [1.82, 2.24) is 5.32 Å². The number of halogens is 1. The van der Waals surface area contributed by atoms with Gasteiger partial charge in [0.05, 0.1) is 22.9 Å². The van der Waals surface area contributed by atoms with Crippen LogP contribution in [0.4, 0.5) is 16.2 Å². The average molecular weight is 312 g/mol. The van der Waals surface area contributed by atoms with Crippen LogP contribution in [0.25, 0.3) is 0 Å². The van der Waals surface area contributed by atoms with Gasteiger partial charge in [-0.05, 0) is 31.0 Å². The number of aliphatic hydroxyl groups is 1. The van der Waals surface area contributed by atoms with Gasteiger partial charge in [-0.25, -0.2) is 4.79 Å². The lowest BCUT2D eigenvalue weighted by Crippen LogP contribution is -2.50. The van der Waals surface area contributed by atoms with Crippen molar-refractivity contribution in [3.8, 4) is 0 Å². The normalized spacial score (nSPS) is 16.6. The molecule has 1 aromatic carbocycles. The van der Waals surface area contributed by atoms with Crippen molar-refractivity contribution >= 4 is 29.0 Å². The Morgan fingerprint density at radius 2 is 2.05 bits per heavy atom. The molecule has 0 radical (unpaired) electrons. The molecule has 21 heavy (non-hydrogen) atoms. The molecular formula is C15H22ClN3O2. The Labute approximate surface area is 130 Å². The third kappa shape index (κ3) is 3.80. The minimum atomic E-state index is -0.475. The van der Waals surface area contributed by atoms with Crippen LogP contribution in [-0.2, 0) is 0 Å². The van der Waals surface area contributed by atoms with Crippen LogP contribution in [0.1, 0.15) is 25.7 Å². The number of hydrogen-bond donors (Lipinski definition) is 3. The van der Waals surface area contributed by atoms with E-state index in [-0.39, 0.29) is 12.6 Å². The summed E-state index contributed by atoms with van der Waals surface area (Å²) in [5.41, 5.74) is 1.05. The van der Waals surface area contributed by atoms with Crippen LogP contribution >= 0.6 is 11.6 Å². The van der Waals surface area contributed by atoms with Crippen molar-refractivity contribution in [1.29, 1.82) is 0 Å². The zero-order valence-corrected chi connectivity index (χ0v) is 13.2. The third-order valence-electron chi connectivity index (χ3n) is 3.93. The highest BCUT2D eigenvalue weighted by molar-refractivity contribution is 6.33. The van der Waals surface area contributed by atoms with Gasteiger partial charge in [0.25, 0.3) is 0 Å². The number of hydrogen-bond acceptors (Lipinski definition) is 3. The molecule has 0 spiro atoms. The Hall–Kier alpha value is -1.46. The van der Waals surface area contributed by atoms with Crippen molar-refractivity contribution in [2.24, 2.45) is 0 Å². The summed E-state index contributed by atoms with van der Waals surface area (Å²) >= 11 is 6.18. The molecule has 5 nitrogen and oxygen atoms in total. The van der Waals surface area contributed by atoms with Crippen LogP contribution in [0, 0.1) is 0 Å². The highest BCUT2D eigenvalue weighted by atomic mass is 35.5. The predicted octanol–water partition coefficient (Wildman–Crippen LogP) is 2.83. The molecule has 1 aliphatic rings. The smallest absolute Gasteiger partial charge is 0.319 e. The lowest BCUT2D eigenvalue weighted by atomic mass is 9.99. The largest absolute Gasteiger partial charge is 0.394 e. The van der Waals surface area contributed by atoms with Gasteiger partial charge in [0, 0.05) is 19.8 Å². The van der Waals surface area contributed by atoms with E-state index in [0.717, 1.165) is 31.4 Å². The predicted molar refractivity (Wildman–Crippen MR) is 86.2 cm³/mol. The summed E-state index contributed by atoms with van der Waals surface area (Å²) in [4.78, 5) is 14.0. The standard InChI is InChI=1S/C15H22ClN3O2/c1-19(2)13-6-5-11(9-12(13)16)17-14(21)18-15(10-20)7-3-4-8-15/h5-6,9,20H,3-4,7-8,10H2,1-2H3,(H2,17,18,21). The number of carbonyl (C=O) groups excluding carboxylic acids is 1. The van der Waals surface area contributed by atoms with Gasteiger partial charge >= 0.3 is 6.03 Å². The molecule has 2 rings (SSSR count). The monoisotopic (exact) mass is 311 g/mol. The maximum atomic E-state index is 12.1. The first-order valence-electron chi connectivity index (χ1n) is 7.13. The Bertz CT molecular complexity index is 514. The van der Waals surface area contributed by atoms with Crippen LogP contribution in [0.2, 0.25) is 5.02 Å². The first-order valence-corrected chi connectivity index (χ1v) is 7.50. The SMILES string of the molecule is CN(C)c1ccc(NC(=O)NC2(CO)CCCC2)cc1Cl. The molecule has 0 heterocycles. The fourth-order valence-electron chi connectivity index (χ4n) is 2.72. The Morgan fingerprint density at radius 1 is 1.38 bits per heavy atom. The lowest BCUT2D eigenvalue weighted by molar-refractivity contribution is 0.167. The molecule has 116 valence electrons. The summed E-state index contributed by atoms with van der Waals surface area (Å²) in [6.45, 7) is -0.0270. The van der Waals surface area contributed by atoms with Gasteiger partial charge < -0.3 is 20.6 Å². The van der Waals surface area contributed by atoms with E-state index in [0.29, 0.717) is 10.7 Å². The van der Waals surface area contributed by atoms with Gasteiger partial charge in [-0.2, -0.15) is 0 Å². The van der Waals surface area contributed by atoms with Crippen molar-refractivity contribution in [3.63, 3.8) is 0 Å². The van der Waals surface area contributed by atoms with Gasteiger partial charge in [0.15, 0.2) is 0 Å². The average Bonchev–Trinajstić information content (AvgIpc) is 2.87. The number of amides is 2. The van der Waals surface area contributed by atoms with E-state index < -0.39 is 5.54 Å². The van der Waals surface area contributed by atoms with E-state index in [4.69, 9.17) is 11.6 Å². The van der Waals surface area contributed by atoms with Gasteiger partial charge in [-0.15, -0.1) is 0 Å². The summed E-state index contributed by atoms with van der Waals surface area (Å²) in [5.74, 6) is 0. The van der Waals surface area contributed by atoms with Crippen molar-refractivity contribution in [2.45, 2.75) is 31.2 Å². The first kappa shape index (κ1) is 15.9. The summed E-state index contributed by atoms with van der Waals surface area (Å²) < 4.78 is 0. The zero-order valence-electron chi connectivity index (χ0n) is 12.4. The van der Waals surface area contributed by atoms with Crippen LogP contribution < -0.4 is 15.5 Å². The molecule has 0 saturated heterocycles. The van der Waals surface area contributed by atoms with E-state index in [2.05, 4.69) is 10.6 Å². The molecule has 0 atom stereocenters. The van der Waals surface area contributed by atoms with E-state index in [1.54, 1.807) is 12.1 Å². The summed E-state index contributed by atoms with van der Waals surface area (Å²) in [7, 11) is 3.82. The molecule has 0 aliphatic heterocycles. The van der Waals surface area contributed by atoms with Crippen molar-refractivity contribution in [3.05, 3.63) is 23.2 Å². The minimum absolute atomic E-state index is 0.0270. The molecule has 1 saturated carbocycles. The van der Waals surface area contributed by atoms with Gasteiger partial charge in [-0.3, -0.25) is 0 Å². The Balaban J connectivity index is 2.01. The van der Waals surface area contributed by atoms with Crippen LogP contribution in [0.3, 0.4) is 0 Å². The summed E-state index contributed by atoms with van der Waals surface area (Å²) in [6, 6.07) is 5.08. The molecule has 1 fully saturated rings. The number of nitrogens with zero attached hydrogens (tertiary/aromatic N) is 1. The van der Waals surface area contributed by atoms with Crippen LogP contribution in [-0.4, -0.2) is 37.4 Å². The van der Waals surface area contributed by atoms with Crippen LogP contribution in [0.5, 0.6) is 0 Å². The first-order chi connectivity index (χ1) is 9.96. The van der Waals surface area contributed by atoms with Gasteiger partial charge in [-0.1, -0.05) is 24.4 Å². The highest BCUT2D eigenvalue weighted by Gasteiger charge is 2.34. The fraction of sp³-hybridized carbons (Fsp3) is 0.533. The van der Waals surface area contributed by atoms with Gasteiger partial charge in [0.2, 0.25) is 0 Å². The molecule has 0 unspecified atom stereocenters. The zero-order chi connectivity index (χ0) is 15.5. The number of urea groups is 1. The molecule has 0 bridgehead atoms. The molecule has 1 aliphatic carbocycles. The number of benzene rings is 1. The number of anilines is 2. The highest BCUT2D eigenvalue weighted by Crippen LogP contribution is 2.30. The quantitative estimate of drug-likeness (QED) is 0.801. The van der Waals surface area contributed by atoms with Gasteiger partial charge in [0.1, 0.15) is 0 Å². The molecule has 0 aromatic heterocycles. The number of carbonyl (C=O) groups is 1. The molecule has 6 heteroatoms. The number of nitrogens with one attached hydrogen (secondary N) is 2. The Morgan fingerprint density at radius 3 is 2.57 bits per heavy atom. The van der Waals surface area contributed by atoms with E-state index in [1.165, 1.54) is 0 Å². The van der Waals surface area contributed by atoms with Crippen LogP contribution in [0.15, 0.2) is 18.2 Å². The molecule has 2 amide bonds.